The molecule has 2 aromatic rings. The van der Waals surface area contributed by atoms with E-state index in [0.29, 0.717) is 25.3 Å². The summed E-state index contributed by atoms with van der Waals surface area (Å²) in [4.78, 5) is 13.1. The van der Waals surface area contributed by atoms with Crippen LogP contribution in [0.1, 0.15) is 55.7 Å². The molecule has 1 unspecified atom stereocenters. The van der Waals surface area contributed by atoms with Crippen LogP contribution in [0.25, 0.3) is 0 Å². The van der Waals surface area contributed by atoms with Crippen LogP contribution in [0.5, 0.6) is 0 Å². The van der Waals surface area contributed by atoms with Crippen molar-refractivity contribution in [2.45, 2.75) is 79.1 Å². The highest BCUT2D eigenvalue weighted by Gasteiger charge is 2.62. The second-order valence-corrected chi connectivity index (χ2v) is 13.0. The van der Waals surface area contributed by atoms with Crippen LogP contribution in [-0.4, -0.2) is 37.8 Å². The Labute approximate surface area is 217 Å². The molecule has 206 valence electrons. The van der Waals surface area contributed by atoms with Gasteiger partial charge in [0.15, 0.2) is 9.84 Å². The predicted molar refractivity (Wildman–Crippen MR) is 128 cm³/mol. The summed E-state index contributed by atoms with van der Waals surface area (Å²) >= 11 is 0. The van der Waals surface area contributed by atoms with Crippen LogP contribution < -0.4 is 5.32 Å². The Bertz CT molecular complexity index is 1350. The molecule has 4 atom stereocenters. The fraction of sp³-hybridized carbons (Fsp3) is 0.519. The molecule has 0 spiro atoms. The minimum Gasteiger partial charge on any atom is -0.393 e. The van der Waals surface area contributed by atoms with E-state index in [9.17, 15) is 40.3 Å². The molecule has 0 bridgehead atoms. The summed E-state index contributed by atoms with van der Waals surface area (Å²) in [5.41, 5.74) is -3.70. The molecule has 0 aromatic heterocycles. The Hall–Kier alpha value is -2.53. The van der Waals surface area contributed by atoms with Gasteiger partial charge in [-0.3, -0.25) is 4.79 Å². The minimum absolute atomic E-state index is 0.0290. The number of sulfone groups is 1. The number of carbonyl (C=O) groups is 1. The number of rotatable bonds is 5. The van der Waals surface area contributed by atoms with Gasteiger partial charge in [0.05, 0.1) is 11.0 Å². The van der Waals surface area contributed by atoms with Gasteiger partial charge in [-0.05, 0) is 92.3 Å². The first-order valence-corrected chi connectivity index (χ1v) is 14.0. The molecule has 2 fully saturated rings. The number of benzene rings is 2. The third-order valence-corrected chi connectivity index (χ3v) is 11.3. The van der Waals surface area contributed by atoms with Gasteiger partial charge >= 0.3 is 6.18 Å². The second kappa shape index (κ2) is 9.01. The van der Waals surface area contributed by atoms with Gasteiger partial charge < -0.3 is 10.4 Å². The van der Waals surface area contributed by atoms with E-state index < -0.39 is 55.7 Å². The molecule has 3 aliphatic rings. The first-order valence-electron chi connectivity index (χ1n) is 12.6. The van der Waals surface area contributed by atoms with Crippen LogP contribution in [0.2, 0.25) is 0 Å². The van der Waals surface area contributed by atoms with Gasteiger partial charge in [-0.25, -0.2) is 17.2 Å². The smallest absolute Gasteiger partial charge is 0.393 e. The zero-order chi connectivity index (χ0) is 27.7. The molecule has 5 nitrogen and oxygen atoms in total. The van der Waals surface area contributed by atoms with Crippen molar-refractivity contribution in [2.24, 2.45) is 11.8 Å². The number of aliphatic hydroxyl groups excluding tert-OH is 1. The summed E-state index contributed by atoms with van der Waals surface area (Å²) in [6, 6.07) is 7.43. The zero-order valence-corrected chi connectivity index (χ0v) is 21.4. The number of nitrogens with one attached hydrogen (secondary N) is 1. The van der Waals surface area contributed by atoms with Crippen molar-refractivity contribution in [3.63, 3.8) is 0 Å². The van der Waals surface area contributed by atoms with E-state index in [-0.39, 0.29) is 48.1 Å². The average molecular weight is 558 g/mol. The van der Waals surface area contributed by atoms with Crippen molar-refractivity contribution in [1.82, 2.24) is 5.32 Å². The normalized spacial score (nSPS) is 30.5. The molecule has 2 saturated carbocycles. The van der Waals surface area contributed by atoms with Crippen LogP contribution >= 0.6 is 0 Å². The first kappa shape index (κ1) is 27.1. The highest BCUT2D eigenvalue weighted by molar-refractivity contribution is 7.92. The fourth-order valence-electron chi connectivity index (χ4n) is 6.46. The van der Waals surface area contributed by atoms with Crippen molar-refractivity contribution in [3.8, 4) is 0 Å². The number of aryl methyl sites for hydroxylation is 1. The Balaban J connectivity index is 1.61. The Morgan fingerprint density at radius 3 is 2.32 bits per heavy atom. The van der Waals surface area contributed by atoms with Crippen molar-refractivity contribution >= 4 is 15.7 Å². The summed E-state index contributed by atoms with van der Waals surface area (Å²) < 4.78 is 95.6. The van der Waals surface area contributed by atoms with Gasteiger partial charge in [-0.1, -0.05) is 18.2 Å². The van der Waals surface area contributed by atoms with Gasteiger partial charge in [0.25, 0.3) is 0 Å². The molecule has 5 rings (SSSR count). The van der Waals surface area contributed by atoms with E-state index in [1.54, 1.807) is 0 Å². The largest absolute Gasteiger partial charge is 0.426 e. The first-order chi connectivity index (χ1) is 17.7. The number of hydrogen-bond acceptors (Lipinski definition) is 4. The molecule has 11 heteroatoms. The molecular formula is C27H28F5NO4S. The van der Waals surface area contributed by atoms with E-state index in [1.165, 1.54) is 6.07 Å². The molecular weight excluding hydrogens is 529 g/mol. The highest BCUT2D eigenvalue weighted by atomic mass is 32.2. The Kier molecular flexibility index (Phi) is 6.41. The molecule has 0 saturated heterocycles. The number of halogens is 5. The third kappa shape index (κ3) is 4.04. The lowest BCUT2D eigenvalue weighted by molar-refractivity contribution is -0.228. The van der Waals surface area contributed by atoms with Gasteiger partial charge in [0.1, 0.15) is 10.6 Å². The van der Waals surface area contributed by atoms with Gasteiger partial charge in [-0.15, -0.1) is 0 Å². The molecule has 38 heavy (non-hydrogen) atoms. The molecule has 0 heterocycles. The van der Waals surface area contributed by atoms with E-state index in [0.717, 1.165) is 36.4 Å². The van der Waals surface area contributed by atoms with Crippen molar-refractivity contribution in [2.75, 3.05) is 0 Å². The number of hydrogen-bond donors (Lipinski definition) is 2. The minimum atomic E-state index is -5.16. The van der Waals surface area contributed by atoms with Crippen LogP contribution in [-0.2, 0) is 31.5 Å². The lowest BCUT2D eigenvalue weighted by Gasteiger charge is -2.43. The number of aliphatic hydroxyl groups is 1. The second-order valence-electron chi connectivity index (χ2n) is 10.8. The van der Waals surface area contributed by atoms with Gasteiger partial charge in [0, 0.05) is 12.0 Å². The molecule has 3 aliphatic carbocycles. The topological polar surface area (TPSA) is 83.5 Å². The number of carbonyl (C=O) groups excluding carboxylic acids is 1. The van der Waals surface area contributed by atoms with E-state index in [4.69, 9.17) is 0 Å². The summed E-state index contributed by atoms with van der Waals surface area (Å²) in [6.07, 6.45) is -4.22. The maximum Gasteiger partial charge on any atom is 0.426 e. The zero-order valence-electron chi connectivity index (χ0n) is 20.6. The van der Waals surface area contributed by atoms with Crippen molar-refractivity contribution in [3.05, 3.63) is 65.0 Å². The molecule has 0 aliphatic heterocycles. The summed E-state index contributed by atoms with van der Waals surface area (Å²) in [5, 5.41) is 12.5. The van der Waals surface area contributed by atoms with E-state index in [1.807, 2.05) is 0 Å². The lowest BCUT2D eigenvalue weighted by Crippen LogP contribution is -2.51. The number of amides is 1. The van der Waals surface area contributed by atoms with Gasteiger partial charge in [-0.2, -0.15) is 13.2 Å². The van der Waals surface area contributed by atoms with E-state index in [2.05, 4.69) is 5.32 Å². The molecule has 2 N–H and O–H groups in total. The van der Waals surface area contributed by atoms with Crippen molar-refractivity contribution in [1.29, 1.82) is 0 Å². The Morgan fingerprint density at radius 2 is 1.71 bits per heavy atom. The van der Waals surface area contributed by atoms with Gasteiger partial charge in [0.2, 0.25) is 11.6 Å². The van der Waals surface area contributed by atoms with Crippen LogP contribution in [0.3, 0.4) is 0 Å². The lowest BCUT2D eigenvalue weighted by atomic mass is 9.72. The fourth-order valence-corrected chi connectivity index (χ4v) is 8.93. The van der Waals surface area contributed by atoms with Crippen LogP contribution in [0, 0.1) is 17.7 Å². The van der Waals surface area contributed by atoms with Crippen LogP contribution in [0.4, 0.5) is 22.0 Å². The quantitative estimate of drug-likeness (QED) is 0.407. The SMILES string of the molecule is CC(F)(c1ccc2c(c1)CC[C@H]1[C@H](C(=O)N[C@H]3C[C@H](O)C3)CC[C@@]21S(=O)(=O)c1ccc(F)cc1)C(F)(F)F. The maximum atomic E-state index is 14.8. The highest BCUT2D eigenvalue weighted by Crippen LogP contribution is 2.59. The predicted octanol–water partition coefficient (Wildman–Crippen LogP) is 4.85. The Morgan fingerprint density at radius 1 is 1.05 bits per heavy atom. The third-order valence-electron chi connectivity index (χ3n) is 8.67. The molecule has 1 amide bonds. The average Bonchev–Trinajstić information content (AvgIpc) is 3.24. The van der Waals surface area contributed by atoms with E-state index >= 15 is 0 Å². The summed E-state index contributed by atoms with van der Waals surface area (Å²) in [5.74, 6) is -2.33. The molecule has 2 aromatic carbocycles. The summed E-state index contributed by atoms with van der Waals surface area (Å²) in [6.45, 7) is 0.429. The van der Waals surface area contributed by atoms with Crippen LogP contribution in [0.15, 0.2) is 47.4 Å². The molecule has 0 radical (unpaired) electrons. The monoisotopic (exact) mass is 557 g/mol. The number of fused-ring (bicyclic) bond motifs is 3. The number of alkyl halides is 4. The van der Waals surface area contributed by atoms with Crippen molar-refractivity contribution < 1.29 is 40.3 Å². The summed E-state index contributed by atoms with van der Waals surface area (Å²) in [7, 11) is -4.27. The maximum absolute atomic E-state index is 14.8. The standard InChI is InChI=1S/C27H28F5NO4S/c1-25(29,27(30,31)32)16-3-9-22-15(12-16)2-8-23-21(24(35)33-18-13-19(34)14-18)10-11-26(22,23)38(36,37)20-6-4-17(28)5-7-20/h3-7,9,12,18-19,21,23,34H,2,8,10-11,13-14H2,1H3,(H,33,35)/t18-,19-,21-,23+,25?,26-/m1/s1.